The highest BCUT2D eigenvalue weighted by molar-refractivity contribution is 7.91. The molecule has 1 unspecified atom stereocenters. The summed E-state index contributed by atoms with van der Waals surface area (Å²) >= 11 is 1.61. The standard InChI is InChI=1S/C13H19N5O2S2/c1-10-8-18-12(14-10)21-13(15-18)17-5-3-16(4-6-17)11-2-7-22(19,20)9-11/h8,11H,2-7,9H2,1H3. The van der Waals surface area contributed by atoms with Gasteiger partial charge >= 0.3 is 0 Å². The first-order valence-electron chi connectivity index (χ1n) is 7.52. The number of aryl methyl sites for hydroxylation is 1. The van der Waals surface area contributed by atoms with Gasteiger partial charge in [-0.15, -0.1) is 5.10 Å². The van der Waals surface area contributed by atoms with Gasteiger partial charge in [-0.05, 0) is 13.3 Å². The second kappa shape index (κ2) is 5.17. The molecule has 0 amide bonds. The van der Waals surface area contributed by atoms with Crippen molar-refractivity contribution in [1.29, 1.82) is 0 Å². The van der Waals surface area contributed by atoms with E-state index in [1.807, 2.05) is 17.6 Å². The lowest BCUT2D eigenvalue weighted by molar-refractivity contribution is 0.200. The van der Waals surface area contributed by atoms with Crippen molar-refractivity contribution in [2.45, 2.75) is 19.4 Å². The predicted octanol–water partition coefficient (Wildman–Crippen LogP) is 0.408. The van der Waals surface area contributed by atoms with Gasteiger partial charge in [0.25, 0.3) is 0 Å². The summed E-state index contributed by atoms with van der Waals surface area (Å²) in [5, 5.41) is 5.59. The van der Waals surface area contributed by atoms with E-state index in [4.69, 9.17) is 0 Å². The van der Waals surface area contributed by atoms with Crippen molar-refractivity contribution >= 4 is 31.3 Å². The van der Waals surface area contributed by atoms with Crippen LogP contribution in [-0.2, 0) is 9.84 Å². The fourth-order valence-electron chi connectivity index (χ4n) is 3.27. The summed E-state index contributed by atoms with van der Waals surface area (Å²) in [6, 6.07) is 0.211. The molecule has 0 N–H and O–H groups in total. The van der Waals surface area contributed by atoms with Gasteiger partial charge in [-0.2, -0.15) is 0 Å². The number of fused-ring (bicyclic) bond motifs is 1. The average Bonchev–Trinajstić information content (AvgIpc) is 3.11. The average molecular weight is 341 g/mol. The Bertz CT molecular complexity index is 757. The summed E-state index contributed by atoms with van der Waals surface area (Å²) in [7, 11) is -2.80. The predicted molar refractivity (Wildman–Crippen MR) is 86.4 cm³/mol. The Labute approximate surface area is 133 Å². The van der Waals surface area contributed by atoms with Gasteiger partial charge in [0.15, 0.2) is 9.84 Å². The Balaban J connectivity index is 1.42. The fourth-order valence-corrected chi connectivity index (χ4v) is 6.01. The number of hydrogen-bond donors (Lipinski definition) is 0. The second-order valence-electron chi connectivity index (χ2n) is 6.07. The number of anilines is 1. The van der Waals surface area contributed by atoms with E-state index in [1.165, 1.54) is 0 Å². The minimum Gasteiger partial charge on any atom is -0.344 e. The summed E-state index contributed by atoms with van der Waals surface area (Å²) in [5.41, 5.74) is 0.984. The lowest BCUT2D eigenvalue weighted by atomic mass is 10.2. The van der Waals surface area contributed by atoms with Gasteiger partial charge in [-0.1, -0.05) is 11.3 Å². The van der Waals surface area contributed by atoms with Crippen LogP contribution in [0.3, 0.4) is 0 Å². The summed E-state index contributed by atoms with van der Waals surface area (Å²) < 4.78 is 25.1. The molecule has 4 heterocycles. The molecule has 0 radical (unpaired) electrons. The van der Waals surface area contributed by atoms with Crippen LogP contribution in [0.25, 0.3) is 4.96 Å². The number of sulfone groups is 1. The van der Waals surface area contributed by atoms with Gasteiger partial charge in [-0.25, -0.2) is 17.9 Å². The monoisotopic (exact) mass is 341 g/mol. The highest BCUT2D eigenvalue weighted by Gasteiger charge is 2.34. The van der Waals surface area contributed by atoms with E-state index in [-0.39, 0.29) is 6.04 Å². The third-order valence-corrected chi connectivity index (χ3v) is 7.20. The van der Waals surface area contributed by atoms with Crippen LogP contribution in [0, 0.1) is 6.92 Å². The lowest BCUT2D eigenvalue weighted by Crippen LogP contribution is -2.50. The molecule has 2 fully saturated rings. The molecular formula is C13H19N5O2S2. The first kappa shape index (κ1) is 14.4. The minimum atomic E-state index is -2.80. The van der Waals surface area contributed by atoms with Gasteiger partial charge in [0.2, 0.25) is 10.1 Å². The smallest absolute Gasteiger partial charge is 0.214 e. The van der Waals surface area contributed by atoms with E-state index < -0.39 is 9.84 Å². The molecule has 0 aliphatic carbocycles. The van der Waals surface area contributed by atoms with E-state index in [9.17, 15) is 8.42 Å². The largest absolute Gasteiger partial charge is 0.344 e. The number of nitrogens with zero attached hydrogens (tertiary/aromatic N) is 5. The molecule has 4 rings (SSSR count). The Kier molecular flexibility index (Phi) is 3.39. The molecule has 22 heavy (non-hydrogen) atoms. The molecule has 0 aromatic carbocycles. The zero-order chi connectivity index (χ0) is 15.3. The molecule has 0 saturated carbocycles. The third-order valence-electron chi connectivity index (χ3n) is 4.46. The zero-order valence-electron chi connectivity index (χ0n) is 12.5. The second-order valence-corrected chi connectivity index (χ2v) is 9.24. The van der Waals surface area contributed by atoms with Crippen molar-refractivity contribution in [2.75, 3.05) is 42.6 Å². The first-order chi connectivity index (χ1) is 10.5. The molecule has 0 spiro atoms. The Morgan fingerprint density at radius 1 is 1.27 bits per heavy atom. The van der Waals surface area contributed by atoms with E-state index in [1.54, 1.807) is 11.3 Å². The van der Waals surface area contributed by atoms with Gasteiger partial charge in [0.1, 0.15) is 0 Å². The van der Waals surface area contributed by atoms with Gasteiger partial charge in [0.05, 0.1) is 23.4 Å². The van der Waals surface area contributed by atoms with Gasteiger partial charge < -0.3 is 4.90 Å². The van der Waals surface area contributed by atoms with E-state index >= 15 is 0 Å². The minimum absolute atomic E-state index is 0.211. The number of hydrogen-bond acceptors (Lipinski definition) is 7. The van der Waals surface area contributed by atoms with Crippen LogP contribution in [0.4, 0.5) is 5.13 Å². The topological polar surface area (TPSA) is 70.8 Å². The van der Waals surface area contributed by atoms with Crippen molar-refractivity contribution in [2.24, 2.45) is 0 Å². The SMILES string of the molecule is Cc1cn2nc(N3CCN(C4CCS(=O)(=O)C4)CC3)sc2n1. The molecule has 2 aromatic heterocycles. The van der Waals surface area contributed by atoms with Crippen molar-refractivity contribution in [1.82, 2.24) is 19.5 Å². The molecule has 2 aliphatic heterocycles. The molecule has 9 heteroatoms. The molecule has 1 atom stereocenters. The maximum Gasteiger partial charge on any atom is 0.214 e. The number of rotatable bonds is 2. The summed E-state index contributed by atoms with van der Waals surface area (Å²) in [4.78, 5) is 9.96. The van der Waals surface area contributed by atoms with Crippen LogP contribution in [0.1, 0.15) is 12.1 Å². The Morgan fingerprint density at radius 2 is 2.05 bits per heavy atom. The molecule has 7 nitrogen and oxygen atoms in total. The highest BCUT2D eigenvalue weighted by Crippen LogP contribution is 2.25. The molecule has 0 bridgehead atoms. The quantitative estimate of drug-likeness (QED) is 0.788. The van der Waals surface area contributed by atoms with E-state index in [0.29, 0.717) is 11.5 Å². The zero-order valence-corrected chi connectivity index (χ0v) is 14.1. The van der Waals surface area contributed by atoms with Crippen molar-refractivity contribution in [3.8, 4) is 0 Å². The van der Waals surface area contributed by atoms with Crippen LogP contribution < -0.4 is 4.90 Å². The lowest BCUT2D eigenvalue weighted by Gasteiger charge is -2.37. The normalized spacial score (nSPS) is 26.0. The highest BCUT2D eigenvalue weighted by atomic mass is 32.2. The molecule has 2 saturated heterocycles. The van der Waals surface area contributed by atoms with Crippen LogP contribution in [0.2, 0.25) is 0 Å². The fraction of sp³-hybridized carbons (Fsp3) is 0.692. The maximum absolute atomic E-state index is 11.6. The summed E-state index contributed by atoms with van der Waals surface area (Å²) in [6.07, 6.45) is 2.72. The van der Waals surface area contributed by atoms with Crippen molar-refractivity contribution in [3.05, 3.63) is 11.9 Å². The molecule has 120 valence electrons. The Morgan fingerprint density at radius 3 is 2.68 bits per heavy atom. The van der Waals surface area contributed by atoms with Gasteiger partial charge in [0, 0.05) is 32.2 Å². The molecular weight excluding hydrogens is 322 g/mol. The Hall–Kier alpha value is -1.19. The van der Waals surface area contributed by atoms with Crippen LogP contribution in [0.5, 0.6) is 0 Å². The van der Waals surface area contributed by atoms with Crippen LogP contribution in [0.15, 0.2) is 6.20 Å². The number of aromatic nitrogens is 3. The molecule has 2 aromatic rings. The number of imidazole rings is 1. The summed E-state index contributed by atoms with van der Waals surface area (Å²) in [5.74, 6) is 0.679. The number of piperazine rings is 1. The molecule has 2 aliphatic rings. The maximum atomic E-state index is 11.6. The van der Waals surface area contributed by atoms with Crippen molar-refractivity contribution in [3.63, 3.8) is 0 Å². The van der Waals surface area contributed by atoms with Crippen molar-refractivity contribution < 1.29 is 8.42 Å². The van der Waals surface area contributed by atoms with E-state index in [0.717, 1.165) is 48.4 Å². The van der Waals surface area contributed by atoms with E-state index in [2.05, 4.69) is 19.9 Å². The summed E-state index contributed by atoms with van der Waals surface area (Å²) in [6.45, 7) is 5.57. The third kappa shape index (κ3) is 2.61. The van der Waals surface area contributed by atoms with Crippen LogP contribution in [-0.4, -0.2) is 71.6 Å². The van der Waals surface area contributed by atoms with Gasteiger partial charge in [-0.3, -0.25) is 4.90 Å². The van der Waals surface area contributed by atoms with Crippen LogP contribution >= 0.6 is 11.3 Å². The first-order valence-corrected chi connectivity index (χ1v) is 10.2.